The molecule has 5 heteroatoms. The first kappa shape index (κ1) is 35.3. The monoisotopic (exact) mass is 725 g/mol. The van der Waals surface area contributed by atoms with E-state index < -0.39 is 0 Å². The number of benzene rings is 6. The third-order valence-corrected chi connectivity index (χ3v) is 12.4. The van der Waals surface area contributed by atoms with Gasteiger partial charge in [0.25, 0.3) is 0 Å². The van der Waals surface area contributed by atoms with Crippen molar-refractivity contribution in [3.8, 4) is 68.6 Å². The van der Waals surface area contributed by atoms with Crippen molar-refractivity contribution < 1.29 is 0 Å². The van der Waals surface area contributed by atoms with Crippen LogP contribution in [0.4, 0.5) is 0 Å². The second-order valence-corrected chi connectivity index (χ2v) is 16.2. The second kappa shape index (κ2) is 14.7. The maximum atomic E-state index is 9.47. The normalized spacial score (nSPS) is 20.2. The Morgan fingerprint density at radius 3 is 1.79 bits per heavy atom. The predicted octanol–water partition coefficient (Wildman–Crippen LogP) is 12.6. The van der Waals surface area contributed by atoms with Gasteiger partial charge in [-0.25, -0.2) is 15.0 Å². The average molecular weight is 726 g/mol. The van der Waals surface area contributed by atoms with E-state index in [0.29, 0.717) is 28.6 Å². The number of rotatable bonds is 7. The third-order valence-electron chi connectivity index (χ3n) is 12.4. The van der Waals surface area contributed by atoms with Gasteiger partial charge in [-0.15, -0.1) is 0 Å². The van der Waals surface area contributed by atoms with E-state index in [4.69, 9.17) is 15.0 Å². The van der Waals surface area contributed by atoms with Crippen LogP contribution in [0.1, 0.15) is 69.1 Å². The van der Waals surface area contributed by atoms with Crippen LogP contribution in [0.5, 0.6) is 0 Å². The number of nitriles is 2. The number of hydrogen-bond donors (Lipinski definition) is 0. The van der Waals surface area contributed by atoms with Gasteiger partial charge in [0.1, 0.15) is 0 Å². The van der Waals surface area contributed by atoms with Crippen molar-refractivity contribution in [1.29, 1.82) is 10.5 Å². The molecule has 0 radical (unpaired) electrons. The van der Waals surface area contributed by atoms with Crippen LogP contribution in [-0.2, 0) is 5.41 Å². The Kier molecular flexibility index (Phi) is 9.24. The Labute approximate surface area is 329 Å². The first-order valence-electron chi connectivity index (χ1n) is 19.9. The van der Waals surface area contributed by atoms with E-state index in [-0.39, 0.29) is 5.41 Å². The van der Waals surface area contributed by atoms with Crippen molar-refractivity contribution in [2.24, 2.45) is 17.8 Å². The van der Waals surface area contributed by atoms with Gasteiger partial charge in [-0.3, -0.25) is 0 Å². The van der Waals surface area contributed by atoms with Crippen LogP contribution in [0, 0.1) is 40.4 Å². The highest BCUT2D eigenvalue weighted by Gasteiger charge is 2.45. The molecule has 1 unspecified atom stereocenters. The molecular formula is C51H43N5. The maximum absolute atomic E-state index is 9.47. The molecule has 0 aliphatic heterocycles. The highest BCUT2D eigenvalue weighted by molar-refractivity contribution is 5.98. The molecule has 9 rings (SSSR count). The summed E-state index contributed by atoms with van der Waals surface area (Å²) in [5.74, 6) is 3.97. The van der Waals surface area contributed by atoms with Crippen LogP contribution < -0.4 is 0 Å². The van der Waals surface area contributed by atoms with Crippen LogP contribution >= 0.6 is 0 Å². The summed E-state index contributed by atoms with van der Waals surface area (Å²) < 4.78 is 0. The summed E-state index contributed by atoms with van der Waals surface area (Å²) in [5, 5.41) is 21.3. The van der Waals surface area contributed by atoms with E-state index in [1.165, 1.54) is 54.9 Å². The van der Waals surface area contributed by atoms with Gasteiger partial charge in [0, 0.05) is 16.7 Å². The Bertz CT molecular complexity index is 2560. The van der Waals surface area contributed by atoms with Gasteiger partial charge in [0.15, 0.2) is 17.5 Å². The van der Waals surface area contributed by atoms with Crippen molar-refractivity contribution >= 4 is 10.8 Å². The van der Waals surface area contributed by atoms with Crippen molar-refractivity contribution in [2.45, 2.75) is 57.8 Å². The van der Waals surface area contributed by atoms with E-state index in [0.717, 1.165) is 56.7 Å². The van der Waals surface area contributed by atoms with E-state index in [1.807, 2.05) is 24.3 Å². The van der Waals surface area contributed by atoms with Crippen molar-refractivity contribution in [2.75, 3.05) is 0 Å². The first-order valence-corrected chi connectivity index (χ1v) is 19.9. The van der Waals surface area contributed by atoms with Crippen LogP contribution in [0.3, 0.4) is 0 Å². The van der Waals surface area contributed by atoms with Crippen molar-refractivity contribution in [3.63, 3.8) is 0 Å². The summed E-state index contributed by atoms with van der Waals surface area (Å²) in [5.41, 5.74) is 9.84. The SMILES string of the molecule is CC[C@@H]1C[C@@H]2C[C@H](C)CC(c3ccc(-c4cc(-c5nc(-c6ccc(C#N)cc6)nc(-c6ccc(C#N)cc6)n5)cc(-c5cccc6ccccc56)c4)cc3)(C1)C2. The molecule has 1 aromatic heterocycles. The molecule has 272 valence electrons. The summed E-state index contributed by atoms with van der Waals surface area (Å²) in [7, 11) is 0. The van der Waals surface area contributed by atoms with Gasteiger partial charge in [-0.1, -0.05) is 87.0 Å². The van der Waals surface area contributed by atoms with Gasteiger partial charge in [-0.2, -0.15) is 10.5 Å². The summed E-state index contributed by atoms with van der Waals surface area (Å²) in [6.45, 7) is 4.84. The number of hydrogen-bond acceptors (Lipinski definition) is 5. The van der Waals surface area contributed by atoms with Gasteiger partial charge < -0.3 is 0 Å². The fourth-order valence-corrected chi connectivity index (χ4v) is 9.88. The molecule has 7 aromatic rings. The van der Waals surface area contributed by atoms with Crippen molar-refractivity contribution in [3.05, 3.63) is 150 Å². The van der Waals surface area contributed by atoms with Crippen molar-refractivity contribution in [1.82, 2.24) is 15.0 Å². The first-order chi connectivity index (χ1) is 27.4. The Morgan fingerprint density at radius 1 is 0.571 bits per heavy atom. The fraction of sp³-hybridized carbons (Fsp3) is 0.235. The molecule has 0 spiro atoms. The quantitative estimate of drug-likeness (QED) is 0.163. The van der Waals surface area contributed by atoms with E-state index in [9.17, 15) is 10.5 Å². The molecule has 4 atom stereocenters. The second-order valence-electron chi connectivity index (χ2n) is 16.2. The van der Waals surface area contributed by atoms with Crippen LogP contribution in [-0.4, -0.2) is 15.0 Å². The molecule has 2 aliphatic carbocycles. The van der Waals surface area contributed by atoms with Crippen LogP contribution in [0.25, 0.3) is 67.2 Å². The molecule has 1 heterocycles. The minimum Gasteiger partial charge on any atom is -0.208 e. The Morgan fingerprint density at radius 2 is 1.14 bits per heavy atom. The van der Waals surface area contributed by atoms with Gasteiger partial charge >= 0.3 is 0 Å². The maximum Gasteiger partial charge on any atom is 0.164 e. The zero-order chi connectivity index (χ0) is 38.2. The predicted molar refractivity (Wildman–Crippen MR) is 225 cm³/mol. The number of aromatic nitrogens is 3. The molecule has 0 saturated heterocycles. The standard InChI is InChI=1S/C51H43N5/c1-3-34-24-37-23-33(2)28-51(29-34,30-37)45-21-19-38(20-22-45)42-25-43(47-10-6-8-39-7-4-5-9-46(39)47)27-44(26-42)50-55-48(40-15-11-35(31-52)12-16-40)54-49(56-50)41-17-13-36(32-53)14-18-41/h4-22,25-27,33-34,37H,3,23-24,28-30H2,1-2H3/t33-,34+,37-,51?/m0/s1. The van der Waals surface area contributed by atoms with Gasteiger partial charge in [0.2, 0.25) is 0 Å². The summed E-state index contributed by atoms with van der Waals surface area (Å²) in [6.07, 6.45) is 7.93. The lowest BCUT2D eigenvalue weighted by atomic mass is 9.54. The Balaban J connectivity index is 1.20. The lowest BCUT2D eigenvalue weighted by molar-refractivity contribution is 0.0702. The van der Waals surface area contributed by atoms with E-state index >= 15 is 0 Å². The van der Waals surface area contributed by atoms with Gasteiger partial charge in [0.05, 0.1) is 23.3 Å². The number of fused-ring (bicyclic) bond motifs is 3. The molecule has 0 amide bonds. The highest BCUT2D eigenvalue weighted by Crippen LogP contribution is 2.55. The van der Waals surface area contributed by atoms with E-state index in [2.05, 4.69) is 111 Å². The summed E-state index contributed by atoms with van der Waals surface area (Å²) in [6, 6.07) is 50.3. The zero-order valence-electron chi connectivity index (χ0n) is 31.9. The summed E-state index contributed by atoms with van der Waals surface area (Å²) in [4.78, 5) is 15.1. The summed E-state index contributed by atoms with van der Waals surface area (Å²) >= 11 is 0. The largest absolute Gasteiger partial charge is 0.208 e. The van der Waals surface area contributed by atoms with Crippen LogP contribution in [0.2, 0.25) is 0 Å². The molecule has 56 heavy (non-hydrogen) atoms. The van der Waals surface area contributed by atoms with E-state index in [1.54, 1.807) is 24.3 Å². The lowest BCUT2D eigenvalue weighted by Gasteiger charge is -2.51. The lowest BCUT2D eigenvalue weighted by Crippen LogP contribution is -2.42. The zero-order valence-corrected chi connectivity index (χ0v) is 31.9. The fourth-order valence-electron chi connectivity index (χ4n) is 9.88. The molecule has 0 N–H and O–H groups in total. The molecular weight excluding hydrogens is 683 g/mol. The number of nitrogens with zero attached hydrogens (tertiary/aromatic N) is 5. The van der Waals surface area contributed by atoms with Crippen LogP contribution in [0.15, 0.2) is 133 Å². The highest BCUT2D eigenvalue weighted by atomic mass is 15.0. The third kappa shape index (κ3) is 6.76. The molecule has 2 saturated carbocycles. The minimum absolute atomic E-state index is 0.268. The molecule has 2 bridgehead atoms. The average Bonchev–Trinajstić information content (AvgIpc) is 3.25. The molecule has 5 nitrogen and oxygen atoms in total. The smallest absolute Gasteiger partial charge is 0.164 e. The molecule has 2 fully saturated rings. The van der Waals surface area contributed by atoms with Gasteiger partial charge in [-0.05, 0) is 161 Å². The molecule has 2 aliphatic rings. The molecule has 6 aromatic carbocycles. The minimum atomic E-state index is 0.268. The Hall–Kier alpha value is -6.43. The topological polar surface area (TPSA) is 86.2 Å².